The number of carbonyl (C=O) groups is 8. The summed E-state index contributed by atoms with van der Waals surface area (Å²) in [4.78, 5) is 110. The van der Waals surface area contributed by atoms with E-state index in [0.29, 0.717) is 24.8 Å². The van der Waals surface area contributed by atoms with Crippen molar-refractivity contribution in [2.24, 2.45) is 29.6 Å². The molecule has 56 heavy (non-hydrogen) atoms. The number of esters is 1. The summed E-state index contributed by atoms with van der Waals surface area (Å²) in [5.74, 6) is -6.61. The first-order chi connectivity index (χ1) is 26.7. The summed E-state index contributed by atoms with van der Waals surface area (Å²) in [5, 5.41) is 10.4. The van der Waals surface area contributed by atoms with Crippen LogP contribution in [-0.4, -0.2) is 116 Å². The third kappa shape index (κ3) is 11.1. The Morgan fingerprint density at radius 3 is 2.18 bits per heavy atom. The lowest BCUT2D eigenvalue weighted by molar-refractivity contribution is -0.149. The number of carbonyl (C=O) groups excluding carboxylic acids is 8. The van der Waals surface area contributed by atoms with Gasteiger partial charge in [0.1, 0.15) is 18.1 Å². The molecule has 1 saturated heterocycles. The molecule has 0 spiro atoms. The Balaban J connectivity index is 1.49. The second kappa shape index (κ2) is 20.2. The minimum atomic E-state index is -1.31. The van der Waals surface area contributed by atoms with Gasteiger partial charge in [0.15, 0.2) is 0 Å². The van der Waals surface area contributed by atoms with E-state index < -0.39 is 89.9 Å². The van der Waals surface area contributed by atoms with Crippen molar-refractivity contribution in [3.63, 3.8) is 0 Å². The van der Waals surface area contributed by atoms with E-state index in [1.807, 2.05) is 13.8 Å². The molecule has 2 aliphatic carbocycles. The van der Waals surface area contributed by atoms with Gasteiger partial charge < -0.3 is 40.5 Å². The molecule has 16 nitrogen and oxygen atoms in total. The number of amides is 6. The Morgan fingerprint density at radius 1 is 0.893 bits per heavy atom. The lowest BCUT2D eigenvalue weighted by atomic mass is 9.83. The Morgan fingerprint density at radius 2 is 1.57 bits per heavy atom. The van der Waals surface area contributed by atoms with Crippen LogP contribution in [0.3, 0.4) is 0 Å². The lowest BCUT2D eigenvalue weighted by Crippen LogP contribution is -2.59. The molecule has 7 atom stereocenters. The van der Waals surface area contributed by atoms with Crippen molar-refractivity contribution in [1.82, 2.24) is 31.1 Å². The van der Waals surface area contributed by atoms with E-state index in [9.17, 15) is 38.4 Å². The molecule has 16 heteroatoms. The van der Waals surface area contributed by atoms with Crippen LogP contribution in [-0.2, 0) is 43.0 Å². The van der Waals surface area contributed by atoms with E-state index in [2.05, 4.69) is 21.3 Å². The number of benzene rings is 1. The zero-order valence-electron chi connectivity index (χ0n) is 33.3. The molecular weight excluding hydrogens is 724 g/mol. The number of piperidine rings is 1. The van der Waals surface area contributed by atoms with Gasteiger partial charge >= 0.3 is 12.1 Å². The van der Waals surface area contributed by atoms with Crippen LogP contribution in [0.1, 0.15) is 84.2 Å². The second-order valence-corrected chi connectivity index (χ2v) is 15.5. The number of likely N-dealkylation sites (N-methyl/N-ethyl adjacent to an activating group) is 1. The molecule has 3 aliphatic rings. The summed E-state index contributed by atoms with van der Waals surface area (Å²) in [6.45, 7) is 6.98. The highest BCUT2D eigenvalue weighted by molar-refractivity contribution is 6.38. The Labute approximate surface area is 328 Å². The molecule has 1 heterocycles. The second-order valence-electron chi connectivity index (χ2n) is 15.5. The van der Waals surface area contributed by atoms with E-state index >= 15 is 0 Å². The predicted molar refractivity (Wildman–Crippen MR) is 203 cm³/mol. The van der Waals surface area contributed by atoms with Crippen molar-refractivity contribution in [2.45, 2.75) is 96.8 Å². The first-order valence-corrected chi connectivity index (χ1v) is 19.8. The Bertz CT molecular complexity index is 1600. The summed E-state index contributed by atoms with van der Waals surface area (Å²) >= 11 is 0. The molecule has 1 aromatic rings. The van der Waals surface area contributed by atoms with Crippen molar-refractivity contribution < 1.29 is 47.8 Å². The van der Waals surface area contributed by atoms with E-state index in [-0.39, 0.29) is 43.9 Å². The minimum Gasteiger partial charge on any atom is -0.466 e. The van der Waals surface area contributed by atoms with Gasteiger partial charge in [-0.3, -0.25) is 33.6 Å². The average Bonchev–Trinajstić information content (AvgIpc) is 3.75. The van der Waals surface area contributed by atoms with Crippen molar-refractivity contribution in [3.8, 4) is 0 Å². The highest BCUT2D eigenvalue weighted by atomic mass is 16.5. The summed E-state index contributed by atoms with van der Waals surface area (Å²) in [5.41, 5.74) is 0.530. The molecule has 0 radical (unpaired) electrons. The molecule has 2 saturated carbocycles. The van der Waals surface area contributed by atoms with Crippen molar-refractivity contribution in [1.29, 1.82) is 0 Å². The normalized spacial score (nSPS) is 21.7. The monoisotopic (exact) mass is 782 g/mol. The van der Waals surface area contributed by atoms with Crippen LogP contribution in [0.4, 0.5) is 4.79 Å². The number of ketones is 1. The molecule has 4 rings (SSSR count). The van der Waals surface area contributed by atoms with Crippen LogP contribution in [0, 0.1) is 29.6 Å². The molecule has 1 aliphatic heterocycles. The highest BCUT2D eigenvalue weighted by Crippen LogP contribution is 2.56. The Kier molecular flexibility index (Phi) is 15.8. The fourth-order valence-corrected chi connectivity index (χ4v) is 7.79. The van der Waals surface area contributed by atoms with Crippen molar-refractivity contribution in [2.75, 3.05) is 40.4 Å². The van der Waals surface area contributed by atoms with Gasteiger partial charge in [-0.2, -0.15) is 0 Å². The van der Waals surface area contributed by atoms with Crippen LogP contribution in [0.5, 0.6) is 0 Å². The summed E-state index contributed by atoms with van der Waals surface area (Å²) < 4.78 is 10.6. The molecule has 4 N–H and O–H groups in total. The standard InChI is InChI=1S/C40H58N6O10/c1-7-15-27(34(48)36(50)41-20-28(47)43-31(37(51)45(5)6)24-16-11-9-12-17-24)42-35(49)33-29-26(30(29)39(53)55-8-2)21-46(33)38(52)32(25-18-13-10-14-19-25)44-40(54)56-22-23(3)4/h9,11-12,16-17,23,25-27,29-33H,7-8,10,13-15,18-22H2,1-6H3,(H,41,50)(H,42,49)(H,43,47)(H,44,54)/t26-,27?,29+,30+,31?,32-,33?/m0/s1. The lowest BCUT2D eigenvalue weighted by Gasteiger charge is -2.36. The number of likely N-dealkylation sites (tertiary alicyclic amines) is 1. The molecule has 6 amide bonds. The number of nitrogens with one attached hydrogen (secondary N) is 4. The Hall–Kier alpha value is -5.02. The topological polar surface area (TPSA) is 210 Å². The molecule has 1 aromatic carbocycles. The van der Waals surface area contributed by atoms with Crippen LogP contribution < -0.4 is 21.3 Å². The first-order valence-electron chi connectivity index (χ1n) is 19.8. The molecule has 0 aromatic heterocycles. The average molecular weight is 783 g/mol. The molecular formula is C40H58N6O10. The van der Waals surface area contributed by atoms with Gasteiger partial charge in [-0.15, -0.1) is 0 Å². The minimum absolute atomic E-state index is 0.0687. The van der Waals surface area contributed by atoms with Gasteiger partial charge in [-0.1, -0.05) is 76.8 Å². The van der Waals surface area contributed by atoms with E-state index in [1.54, 1.807) is 58.3 Å². The number of fused-ring (bicyclic) bond motifs is 1. The van der Waals surface area contributed by atoms with Gasteiger partial charge in [-0.25, -0.2) is 4.79 Å². The van der Waals surface area contributed by atoms with Gasteiger partial charge in [0.2, 0.25) is 29.4 Å². The van der Waals surface area contributed by atoms with Gasteiger partial charge in [0.05, 0.1) is 31.7 Å². The van der Waals surface area contributed by atoms with E-state index in [4.69, 9.17) is 9.47 Å². The molecule has 3 unspecified atom stereocenters. The number of ether oxygens (including phenoxy) is 2. The fraction of sp³-hybridized carbons (Fsp3) is 0.650. The fourth-order valence-electron chi connectivity index (χ4n) is 7.79. The van der Waals surface area contributed by atoms with Crippen LogP contribution in [0.15, 0.2) is 30.3 Å². The molecule has 308 valence electrons. The van der Waals surface area contributed by atoms with E-state index in [1.165, 1.54) is 9.80 Å². The van der Waals surface area contributed by atoms with Crippen LogP contribution in [0.2, 0.25) is 0 Å². The van der Waals surface area contributed by atoms with Crippen LogP contribution >= 0.6 is 0 Å². The van der Waals surface area contributed by atoms with Crippen LogP contribution in [0.25, 0.3) is 0 Å². The smallest absolute Gasteiger partial charge is 0.407 e. The predicted octanol–water partition coefficient (Wildman–Crippen LogP) is 1.87. The number of hydrogen-bond donors (Lipinski definition) is 4. The number of hydrogen-bond acceptors (Lipinski definition) is 10. The first kappa shape index (κ1) is 43.7. The molecule has 3 fully saturated rings. The van der Waals surface area contributed by atoms with Crippen molar-refractivity contribution in [3.05, 3.63) is 35.9 Å². The summed E-state index contributed by atoms with van der Waals surface area (Å²) in [6.07, 6.45) is 3.89. The largest absolute Gasteiger partial charge is 0.466 e. The van der Waals surface area contributed by atoms with Gasteiger partial charge in [0, 0.05) is 26.6 Å². The van der Waals surface area contributed by atoms with Gasteiger partial charge in [0.25, 0.3) is 5.91 Å². The maximum atomic E-state index is 14.4. The summed E-state index contributed by atoms with van der Waals surface area (Å²) in [6, 6.07) is 4.09. The summed E-state index contributed by atoms with van der Waals surface area (Å²) in [7, 11) is 3.09. The third-order valence-electron chi connectivity index (χ3n) is 10.6. The third-order valence-corrected chi connectivity index (χ3v) is 10.6. The maximum absolute atomic E-state index is 14.4. The quantitative estimate of drug-likeness (QED) is 0.126. The highest BCUT2D eigenvalue weighted by Gasteiger charge is 2.68. The number of Topliss-reactive ketones (excluding diaryl/α,β-unsaturated/α-hetero) is 1. The SMILES string of the molecule is CCCC(NC(=O)C1[C@@H]2[C@H](CN1C(=O)[C@@H](NC(=O)OCC(C)C)C1CCCCC1)[C@H]2C(=O)OCC)C(=O)C(=O)NCC(=O)NC(C(=O)N(C)C)c1ccccc1. The molecule has 0 bridgehead atoms. The van der Waals surface area contributed by atoms with Gasteiger partial charge in [-0.05, 0) is 49.5 Å². The maximum Gasteiger partial charge on any atom is 0.407 e. The zero-order chi connectivity index (χ0) is 41.1. The number of alkyl carbamates (subject to hydrolysis) is 1. The number of nitrogens with zero attached hydrogens (tertiary/aromatic N) is 2. The zero-order valence-corrected chi connectivity index (χ0v) is 33.3. The number of rotatable bonds is 18. The van der Waals surface area contributed by atoms with Crippen molar-refractivity contribution >= 4 is 47.4 Å². The van der Waals surface area contributed by atoms with E-state index in [0.717, 1.165) is 19.3 Å².